The van der Waals surface area contributed by atoms with Gasteiger partial charge in [-0.2, -0.15) is 0 Å². The topological polar surface area (TPSA) is 136 Å². The molecule has 41 heavy (non-hydrogen) atoms. The molecule has 1 saturated carbocycles. The number of rotatable bonds is 6. The number of anilines is 2. The minimum absolute atomic E-state index is 0.0768. The van der Waals surface area contributed by atoms with Crippen LogP contribution in [0.1, 0.15) is 31.2 Å². The number of nitrogens with two attached hydrogens (primary N) is 1. The number of benzene rings is 2. The summed E-state index contributed by atoms with van der Waals surface area (Å²) in [6.07, 6.45) is 3.85. The van der Waals surface area contributed by atoms with Crippen LogP contribution in [0, 0.1) is 18.8 Å². The van der Waals surface area contributed by atoms with Crippen molar-refractivity contribution in [3.8, 4) is 28.3 Å². The van der Waals surface area contributed by atoms with E-state index in [-0.39, 0.29) is 17.7 Å². The molecule has 3 heterocycles. The average Bonchev–Trinajstić information content (AvgIpc) is 3.36. The summed E-state index contributed by atoms with van der Waals surface area (Å²) < 4.78 is 1.99. The Balaban J connectivity index is 1.38. The molecule has 9 heteroatoms. The van der Waals surface area contributed by atoms with E-state index in [1.807, 2.05) is 84.3 Å². The monoisotopic (exact) mass is 546 g/mol. The van der Waals surface area contributed by atoms with E-state index in [0.717, 1.165) is 28.0 Å². The lowest BCUT2D eigenvalue weighted by Gasteiger charge is -2.25. The second-order valence-electron chi connectivity index (χ2n) is 10.5. The number of nitrogens with zero attached hydrogens (tertiary/aromatic N) is 4. The minimum Gasteiger partial charge on any atom is -0.481 e. The number of pyridine rings is 2. The van der Waals surface area contributed by atoms with Gasteiger partial charge in [-0.1, -0.05) is 30.3 Å². The maximum Gasteiger partial charge on any atom is 0.306 e. The maximum absolute atomic E-state index is 13.0. The van der Waals surface area contributed by atoms with Crippen molar-refractivity contribution in [3.63, 3.8) is 0 Å². The van der Waals surface area contributed by atoms with Crippen molar-refractivity contribution in [1.29, 1.82) is 0 Å². The summed E-state index contributed by atoms with van der Waals surface area (Å²) in [6.45, 7) is 1.98. The van der Waals surface area contributed by atoms with Crippen LogP contribution in [0.4, 0.5) is 11.5 Å². The van der Waals surface area contributed by atoms with E-state index in [2.05, 4.69) is 10.3 Å². The van der Waals surface area contributed by atoms with Gasteiger partial charge in [0.2, 0.25) is 5.91 Å². The molecule has 1 fully saturated rings. The highest BCUT2D eigenvalue weighted by Gasteiger charge is 2.30. The predicted molar refractivity (Wildman–Crippen MR) is 158 cm³/mol. The van der Waals surface area contributed by atoms with Gasteiger partial charge in [-0.15, -0.1) is 0 Å². The van der Waals surface area contributed by atoms with E-state index in [0.29, 0.717) is 54.2 Å². The van der Waals surface area contributed by atoms with Gasteiger partial charge in [0.25, 0.3) is 0 Å². The van der Waals surface area contributed by atoms with E-state index in [1.165, 1.54) is 0 Å². The number of carbonyl (C=O) groups excluding carboxylic acids is 1. The van der Waals surface area contributed by atoms with Crippen molar-refractivity contribution in [3.05, 3.63) is 84.6 Å². The van der Waals surface area contributed by atoms with Crippen LogP contribution in [0.5, 0.6) is 0 Å². The molecular weight excluding hydrogens is 516 g/mol. The number of aryl methyl sites for hydroxylation is 1. The Labute approximate surface area is 237 Å². The molecule has 0 radical (unpaired) electrons. The summed E-state index contributed by atoms with van der Waals surface area (Å²) in [6, 6.07) is 23.4. The van der Waals surface area contributed by atoms with Gasteiger partial charge in [0, 0.05) is 23.4 Å². The molecular formula is C32H30N6O3. The Morgan fingerprint density at radius 2 is 1.68 bits per heavy atom. The van der Waals surface area contributed by atoms with Crippen molar-refractivity contribution in [2.45, 2.75) is 32.6 Å². The van der Waals surface area contributed by atoms with Crippen LogP contribution in [0.25, 0.3) is 39.5 Å². The molecule has 9 nitrogen and oxygen atoms in total. The number of hydrogen-bond acceptors (Lipinski definition) is 6. The van der Waals surface area contributed by atoms with Gasteiger partial charge >= 0.3 is 5.97 Å². The molecule has 0 aliphatic heterocycles. The van der Waals surface area contributed by atoms with Gasteiger partial charge in [-0.3, -0.25) is 14.2 Å². The lowest BCUT2D eigenvalue weighted by atomic mass is 9.81. The number of fused-ring (bicyclic) bond motifs is 1. The summed E-state index contributed by atoms with van der Waals surface area (Å²) in [5.41, 5.74) is 12.6. The number of nitrogen functional groups attached to an aromatic ring is 1. The van der Waals surface area contributed by atoms with Crippen molar-refractivity contribution >= 4 is 34.5 Å². The summed E-state index contributed by atoms with van der Waals surface area (Å²) >= 11 is 0. The standard InChI is InChI=1S/C32H30N6O3/c1-19-18-23(35-31(39)21-9-11-22(12-10-21)32(40)41)13-16-27(19)38-29(24-8-5-17-34-28(24)33)37-26-15-14-25(36-30(26)38)20-6-3-2-4-7-20/h2-8,13-18,21-22H,9-12H2,1H3,(H2,33,34)(H,35,39)(H,40,41). The van der Waals surface area contributed by atoms with E-state index < -0.39 is 5.97 Å². The molecule has 5 aromatic rings. The number of aromatic nitrogens is 4. The van der Waals surface area contributed by atoms with E-state index in [4.69, 9.17) is 15.7 Å². The molecule has 1 aliphatic rings. The number of hydrogen-bond donors (Lipinski definition) is 3. The normalized spacial score (nSPS) is 16.9. The van der Waals surface area contributed by atoms with E-state index in [1.54, 1.807) is 6.20 Å². The third-order valence-corrected chi connectivity index (χ3v) is 7.81. The van der Waals surface area contributed by atoms with Gasteiger partial charge < -0.3 is 16.2 Å². The third kappa shape index (κ3) is 5.14. The Morgan fingerprint density at radius 3 is 2.39 bits per heavy atom. The molecule has 0 spiro atoms. The van der Waals surface area contributed by atoms with Gasteiger partial charge in [-0.25, -0.2) is 15.0 Å². The Bertz CT molecular complexity index is 1760. The molecule has 0 atom stereocenters. The van der Waals surface area contributed by atoms with Crippen LogP contribution in [0.15, 0.2) is 79.0 Å². The fraction of sp³-hybridized carbons (Fsp3) is 0.219. The first-order valence-corrected chi connectivity index (χ1v) is 13.7. The number of aliphatic carboxylic acids is 1. The SMILES string of the molecule is Cc1cc(NC(=O)C2CCC(C(=O)O)CC2)ccc1-n1c(-c2cccnc2N)nc2ccc(-c3ccccc3)nc21. The molecule has 3 aromatic heterocycles. The first-order valence-electron chi connectivity index (χ1n) is 13.7. The Kier molecular flexibility index (Phi) is 6.93. The van der Waals surface area contributed by atoms with Gasteiger partial charge in [0.15, 0.2) is 11.5 Å². The fourth-order valence-corrected chi connectivity index (χ4v) is 5.57. The first-order chi connectivity index (χ1) is 19.9. The lowest BCUT2D eigenvalue weighted by molar-refractivity contribution is -0.143. The molecule has 0 bridgehead atoms. The highest BCUT2D eigenvalue weighted by molar-refractivity contribution is 5.93. The zero-order valence-electron chi connectivity index (χ0n) is 22.6. The lowest BCUT2D eigenvalue weighted by Crippen LogP contribution is -2.29. The number of imidazole rings is 1. The summed E-state index contributed by atoms with van der Waals surface area (Å²) in [4.78, 5) is 38.5. The first kappa shape index (κ1) is 26.2. The highest BCUT2D eigenvalue weighted by atomic mass is 16.4. The Hall–Kier alpha value is -5.05. The molecule has 1 aliphatic carbocycles. The second-order valence-corrected chi connectivity index (χ2v) is 10.5. The Morgan fingerprint density at radius 1 is 0.927 bits per heavy atom. The maximum atomic E-state index is 13.0. The zero-order valence-corrected chi connectivity index (χ0v) is 22.6. The van der Waals surface area contributed by atoms with Crippen LogP contribution < -0.4 is 11.1 Å². The summed E-state index contributed by atoms with van der Waals surface area (Å²) in [7, 11) is 0. The van der Waals surface area contributed by atoms with E-state index >= 15 is 0 Å². The molecule has 0 saturated heterocycles. The molecule has 2 aromatic carbocycles. The fourth-order valence-electron chi connectivity index (χ4n) is 5.57. The zero-order chi connectivity index (χ0) is 28.5. The molecule has 1 amide bonds. The number of carboxylic acid groups (broad SMARTS) is 1. The predicted octanol–water partition coefficient (Wildman–Crippen LogP) is 5.87. The molecule has 4 N–H and O–H groups in total. The quantitative estimate of drug-likeness (QED) is 0.242. The van der Waals surface area contributed by atoms with E-state index in [9.17, 15) is 14.7 Å². The smallest absolute Gasteiger partial charge is 0.306 e. The van der Waals surface area contributed by atoms with Crippen LogP contribution in [-0.4, -0.2) is 36.5 Å². The summed E-state index contributed by atoms with van der Waals surface area (Å²) in [5, 5.41) is 12.3. The molecule has 0 unspecified atom stereocenters. The van der Waals surface area contributed by atoms with Crippen molar-refractivity contribution in [2.24, 2.45) is 11.8 Å². The number of carbonyl (C=O) groups is 2. The van der Waals surface area contributed by atoms with Crippen molar-refractivity contribution in [1.82, 2.24) is 19.5 Å². The van der Waals surface area contributed by atoms with Gasteiger partial charge in [0.1, 0.15) is 11.3 Å². The van der Waals surface area contributed by atoms with Crippen molar-refractivity contribution < 1.29 is 14.7 Å². The molecule has 6 rings (SSSR count). The molecule has 206 valence electrons. The highest BCUT2D eigenvalue weighted by Crippen LogP contribution is 2.34. The summed E-state index contributed by atoms with van der Waals surface area (Å²) in [5.74, 6) is -0.412. The van der Waals surface area contributed by atoms with Crippen LogP contribution in [-0.2, 0) is 9.59 Å². The third-order valence-electron chi connectivity index (χ3n) is 7.81. The van der Waals surface area contributed by atoms with Crippen LogP contribution in [0.2, 0.25) is 0 Å². The number of nitrogens with one attached hydrogen (secondary N) is 1. The van der Waals surface area contributed by atoms with Crippen LogP contribution >= 0.6 is 0 Å². The average molecular weight is 547 g/mol. The largest absolute Gasteiger partial charge is 0.481 e. The van der Waals surface area contributed by atoms with Crippen molar-refractivity contribution in [2.75, 3.05) is 11.1 Å². The minimum atomic E-state index is -0.778. The number of amides is 1. The van der Waals surface area contributed by atoms with Gasteiger partial charge in [-0.05, 0) is 80.6 Å². The van der Waals surface area contributed by atoms with Gasteiger partial charge in [0.05, 0.1) is 22.9 Å². The van der Waals surface area contributed by atoms with Crippen LogP contribution in [0.3, 0.4) is 0 Å². The second kappa shape index (κ2) is 10.8. The number of carboxylic acids is 1.